The van der Waals surface area contributed by atoms with E-state index in [1.807, 2.05) is 13.0 Å². The highest BCUT2D eigenvalue weighted by molar-refractivity contribution is 7.98. The standard InChI is InChI=1S/C13H16N2O2S/c1-8(7-18-3)15-9(2)14-11-6-10(13(16)17)4-5-12(11)15/h4-6,8H,7H2,1-3H3,(H,16,17). The zero-order chi connectivity index (χ0) is 13.3. The Bertz CT molecular complexity index is 592. The van der Waals surface area contributed by atoms with E-state index in [1.165, 1.54) is 0 Å². The number of aryl methyl sites for hydroxylation is 1. The molecule has 0 amide bonds. The van der Waals surface area contributed by atoms with Crippen molar-refractivity contribution in [3.05, 3.63) is 29.6 Å². The summed E-state index contributed by atoms with van der Waals surface area (Å²) in [4.78, 5) is 15.4. The van der Waals surface area contributed by atoms with Crippen LogP contribution < -0.4 is 0 Å². The molecule has 0 spiro atoms. The van der Waals surface area contributed by atoms with E-state index in [-0.39, 0.29) is 5.56 Å². The van der Waals surface area contributed by atoms with Gasteiger partial charge < -0.3 is 9.67 Å². The van der Waals surface area contributed by atoms with E-state index in [2.05, 4.69) is 22.7 Å². The Balaban J connectivity index is 2.55. The number of nitrogens with zero attached hydrogens (tertiary/aromatic N) is 2. The first-order chi connectivity index (χ1) is 8.54. The van der Waals surface area contributed by atoms with Gasteiger partial charge in [-0.05, 0) is 38.3 Å². The van der Waals surface area contributed by atoms with Gasteiger partial charge in [-0.2, -0.15) is 11.8 Å². The van der Waals surface area contributed by atoms with Gasteiger partial charge in [0.2, 0.25) is 0 Å². The van der Waals surface area contributed by atoms with Crippen LogP contribution in [0.3, 0.4) is 0 Å². The first-order valence-corrected chi connectivity index (χ1v) is 7.14. The number of carboxylic acid groups (broad SMARTS) is 1. The van der Waals surface area contributed by atoms with Crippen molar-refractivity contribution in [2.45, 2.75) is 19.9 Å². The Morgan fingerprint density at radius 3 is 2.89 bits per heavy atom. The fourth-order valence-electron chi connectivity index (χ4n) is 2.22. The van der Waals surface area contributed by atoms with Gasteiger partial charge in [-0.3, -0.25) is 0 Å². The van der Waals surface area contributed by atoms with Crippen LogP contribution in [0.1, 0.15) is 29.1 Å². The molecule has 18 heavy (non-hydrogen) atoms. The number of hydrogen-bond donors (Lipinski definition) is 1. The van der Waals surface area contributed by atoms with Crippen molar-refractivity contribution in [3.63, 3.8) is 0 Å². The molecule has 1 N–H and O–H groups in total. The van der Waals surface area contributed by atoms with Gasteiger partial charge in [0, 0.05) is 11.8 Å². The van der Waals surface area contributed by atoms with Crippen molar-refractivity contribution < 1.29 is 9.90 Å². The predicted octanol–water partition coefficient (Wildman–Crippen LogP) is 2.97. The molecule has 1 aromatic carbocycles. The van der Waals surface area contributed by atoms with Gasteiger partial charge >= 0.3 is 5.97 Å². The highest BCUT2D eigenvalue weighted by atomic mass is 32.2. The predicted molar refractivity (Wildman–Crippen MR) is 74.5 cm³/mol. The molecular formula is C13H16N2O2S. The molecule has 0 saturated carbocycles. The summed E-state index contributed by atoms with van der Waals surface area (Å²) >= 11 is 1.79. The molecule has 2 rings (SSSR count). The molecule has 0 radical (unpaired) electrons. The van der Waals surface area contributed by atoms with E-state index in [0.29, 0.717) is 6.04 Å². The van der Waals surface area contributed by atoms with E-state index >= 15 is 0 Å². The summed E-state index contributed by atoms with van der Waals surface area (Å²) < 4.78 is 2.16. The van der Waals surface area contributed by atoms with Crippen LogP contribution in [0.25, 0.3) is 11.0 Å². The second-order valence-corrected chi connectivity index (χ2v) is 5.25. The number of aromatic carboxylic acids is 1. The lowest BCUT2D eigenvalue weighted by Gasteiger charge is -2.15. The van der Waals surface area contributed by atoms with Crippen LogP contribution in [0.15, 0.2) is 18.2 Å². The molecule has 1 heterocycles. The Labute approximate surface area is 110 Å². The van der Waals surface area contributed by atoms with Gasteiger partial charge in [0.1, 0.15) is 5.82 Å². The lowest BCUT2D eigenvalue weighted by molar-refractivity contribution is 0.0697. The van der Waals surface area contributed by atoms with Crippen LogP contribution in [0, 0.1) is 6.92 Å². The number of carbonyl (C=O) groups is 1. The zero-order valence-electron chi connectivity index (χ0n) is 10.7. The summed E-state index contributed by atoms with van der Waals surface area (Å²) in [6, 6.07) is 5.46. The first-order valence-electron chi connectivity index (χ1n) is 5.75. The second-order valence-electron chi connectivity index (χ2n) is 4.34. The van der Waals surface area contributed by atoms with Gasteiger partial charge in [0.05, 0.1) is 16.6 Å². The van der Waals surface area contributed by atoms with Gasteiger partial charge in [-0.15, -0.1) is 0 Å². The fourth-order valence-corrected chi connectivity index (χ4v) is 2.86. The lowest BCUT2D eigenvalue weighted by atomic mass is 10.2. The van der Waals surface area contributed by atoms with Crippen molar-refractivity contribution >= 4 is 28.8 Å². The molecule has 4 nitrogen and oxygen atoms in total. The van der Waals surface area contributed by atoms with E-state index in [0.717, 1.165) is 22.6 Å². The third kappa shape index (κ3) is 2.22. The highest BCUT2D eigenvalue weighted by Crippen LogP contribution is 2.23. The number of carboxylic acids is 1. The highest BCUT2D eigenvalue weighted by Gasteiger charge is 2.14. The summed E-state index contributed by atoms with van der Waals surface area (Å²) in [7, 11) is 0. The molecule has 1 atom stereocenters. The van der Waals surface area contributed by atoms with Gasteiger partial charge in [0.25, 0.3) is 0 Å². The smallest absolute Gasteiger partial charge is 0.335 e. The number of fused-ring (bicyclic) bond motifs is 1. The first kappa shape index (κ1) is 13.0. The molecule has 1 aromatic heterocycles. The van der Waals surface area contributed by atoms with E-state index in [9.17, 15) is 4.79 Å². The van der Waals surface area contributed by atoms with Crippen molar-refractivity contribution in [2.24, 2.45) is 0 Å². The summed E-state index contributed by atoms with van der Waals surface area (Å²) in [6.07, 6.45) is 2.08. The maximum atomic E-state index is 10.9. The summed E-state index contributed by atoms with van der Waals surface area (Å²) in [5.74, 6) is 1.02. The molecule has 0 aliphatic carbocycles. The number of imidazole rings is 1. The van der Waals surface area contributed by atoms with Crippen LogP contribution in [-0.2, 0) is 0 Å². The lowest BCUT2D eigenvalue weighted by Crippen LogP contribution is -2.09. The van der Waals surface area contributed by atoms with Gasteiger partial charge in [-0.1, -0.05) is 0 Å². The van der Waals surface area contributed by atoms with Crippen molar-refractivity contribution in [1.82, 2.24) is 9.55 Å². The normalized spacial score (nSPS) is 12.8. The van der Waals surface area contributed by atoms with Crippen LogP contribution in [0.5, 0.6) is 0 Å². The largest absolute Gasteiger partial charge is 0.478 e. The number of thioether (sulfide) groups is 1. The minimum Gasteiger partial charge on any atom is -0.478 e. The molecule has 2 aromatic rings. The Kier molecular flexibility index (Phi) is 3.61. The monoisotopic (exact) mass is 264 g/mol. The Morgan fingerprint density at radius 2 is 2.28 bits per heavy atom. The molecule has 5 heteroatoms. The quantitative estimate of drug-likeness (QED) is 0.922. The minimum atomic E-state index is -0.915. The third-order valence-corrected chi connectivity index (χ3v) is 3.78. The maximum Gasteiger partial charge on any atom is 0.335 e. The van der Waals surface area contributed by atoms with E-state index in [4.69, 9.17) is 5.11 Å². The second kappa shape index (κ2) is 5.02. The fraction of sp³-hybridized carbons (Fsp3) is 0.385. The Morgan fingerprint density at radius 1 is 1.56 bits per heavy atom. The number of hydrogen-bond acceptors (Lipinski definition) is 3. The third-order valence-electron chi connectivity index (χ3n) is 2.96. The van der Waals surface area contributed by atoms with Crippen LogP contribution >= 0.6 is 11.8 Å². The molecule has 1 unspecified atom stereocenters. The molecule has 0 aliphatic heterocycles. The van der Waals surface area contributed by atoms with E-state index in [1.54, 1.807) is 23.9 Å². The summed E-state index contributed by atoms with van der Waals surface area (Å²) in [6.45, 7) is 4.10. The van der Waals surface area contributed by atoms with Crippen LogP contribution in [-0.4, -0.2) is 32.6 Å². The maximum absolute atomic E-state index is 10.9. The zero-order valence-corrected chi connectivity index (χ0v) is 11.5. The van der Waals surface area contributed by atoms with E-state index < -0.39 is 5.97 Å². The molecule has 0 saturated heterocycles. The van der Waals surface area contributed by atoms with Crippen molar-refractivity contribution in [1.29, 1.82) is 0 Å². The average molecular weight is 264 g/mol. The molecule has 0 fully saturated rings. The molecule has 0 aliphatic rings. The topological polar surface area (TPSA) is 55.1 Å². The molecular weight excluding hydrogens is 248 g/mol. The number of rotatable bonds is 4. The molecule has 96 valence electrons. The molecule has 0 bridgehead atoms. The van der Waals surface area contributed by atoms with Crippen LogP contribution in [0.2, 0.25) is 0 Å². The van der Waals surface area contributed by atoms with Gasteiger partial charge in [0.15, 0.2) is 0 Å². The summed E-state index contributed by atoms with van der Waals surface area (Å²) in [5.41, 5.74) is 2.03. The van der Waals surface area contributed by atoms with Crippen LogP contribution in [0.4, 0.5) is 0 Å². The average Bonchev–Trinajstić information content (AvgIpc) is 2.63. The van der Waals surface area contributed by atoms with Gasteiger partial charge in [-0.25, -0.2) is 9.78 Å². The number of benzene rings is 1. The minimum absolute atomic E-state index is 0.282. The van der Waals surface area contributed by atoms with Crippen molar-refractivity contribution in [3.8, 4) is 0 Å². The Hall–Kier alpha value is -1.49. The number of aromatic nitrogens is 2. The SMILES string of the molecule is CSCC(C)n1c(C)nc2cc(C(=O)O)ccc21. The summed E-state index contributed by atoms with van der Waals surface area (Å²) in [5, 5.41) is 8.98. The van der Waals surface area contributed by atoms with Crippen molar-refractivity contribution in [2.75, 3.05) is 12.0 Å².